The SMILES string of the molecule is C/C=C/CC(C)(C#N)CC/C=C/CCC#N. The lowest BCUT2D eigenvalue weighted by atomic mass is 9.83. The van der Waals surface area contributed by atoms with E-state index in [0.717, 1.165) is 25.7 Å². The molecule has 0 aliphatic carbocycles. The van der Waals surface area contributed by atoms with E-state index in [0.29, 0.717) is 6.42 Å². The van der Waals surface area contributed by atoms with E-state index in [2.05, 4.69) is 18.2 Å². The van der Waals surface area contributed by atoms with Crippen molar-refractivity contribution in [3.63, 3.8) is 0 Å². The Morgan fingerprint density at radius 3 is 2.38 bits per heavy atom. The molecule has 2 heteroatoms. The first-order valence-electron chi connectivity index (χ1n) is 5.73. The van der Waals surface area contributed by atoms with Crippen LogP contribution >= 0.6 is 0 Å². The van der Waals surface area contributed by atoms with Crippen molar-refractivity contribution in [1.82, 2.24) is 0 Å². The minimum absolute atomic E-state index is 0.258. The van der Waals surface area contributed by atoms with E-state index in [1.165, 1.54) is 0 Å². The van der Waals surface area contributed by atoms with Crippen molar-refractivity contribution in [2.24, 2.45) is 5.41 Å². The molecule has 1 atom stereocenters. The Morgan fingerprint density at radius 2 is 1.81 bits per heavy atom. The van der Waals surface area contributed by atoms with E-state index >= 15 is 0 Å². The minimum Gasteiger partial charge on any atom is -0.198 e. The molecule has 2 nitrogen and oxygen atoms in total. The fraction of sp³-hybridized carbons (Fsp3) is 0.571. The van der Waals surface area contributed by atoms with Gasteiger partial charge in [-0.1, -0.05) is 24.3 Å². The Labute approximate surface area is 98.9 Å². The van der Waals surface area contributed by atoms with Gasteiger partial charge in [-0.3, -0.25) is 0 Å². The minimum atomic E-state index is -0.258. The number of allylic oxidation sites excluding steroid dienone is 4. The van der Waals surface area contributed by atoms with Gasteiger partial charge in [0.25, 0.3) is 0 Å². The van der Waals surface area contributed by atoms with Crippen LogP contribution in [0.2, 0.25) is 0 Å². The van der Waals surface area contributed by atoms with Gasteiger partial charge in [-0.25, -0.2) is 0 Å². The van der Waals surface area contributed by atoms with Crippen molar-refractivity contribution in [1.29, 1.82) is 10.5 Å². The summed E-state index contributed by atoms with van der Waals surface area (Å²) in [5.74, 6) is 0. The molecule has 0 aliphatic heterocycles. The lowest BCUT2D eigenvalue weighted by Crippen LogP contribution is -2.11. The standard InChI is InChI=1S/C14H20N2/c1-3-4-10-14(2,13-16)11-8-6-5-7-9-12-15/h3-6H,7-11H2,1-2H3/b4-3+,6-5+. The van der Waals surface area contributed by atoms with Gasteiger partial charge in [0, 0.05) is 6.42 Å². The number of unbranched alkanes of at least 4 members (excludes halogenated alkanes) is 1. The van der Waals surface area contributed by atoms with E-state index in [1.54, 1.807) is 0 Å². The van der Waals surface area contributed by atoms with E-state index in [1.807, 2.05) is 32.1 Å². The summed E-state index contributed by atoms with van der Waals surface area (Å²) in [6.07, 6.45) is 12.1. The topological polar surface area (TPSA) is 47.6 Å². The van der Waals surface area contributed by atoms with Gasteiger partial charge in [-0.2, -0.15) is 10.5 Å². The molecule has 0 spiro atoms. The number of rotatable bonds is 7. The van der Waals surface area contributed by atoms with Crippen molar-refractivity contribution >= 4 is 0 Å². The molecule has 0 fully saturated rings. The van der Waals surface area contributed by atoms with Crippen LogP contribution in [0, 0.1) is 28.1 Å². The maximum Gasteiger partial charge on any atom is 0.0690 e. The highest BCUT2D eigenvalue weighted by atomic mass is 14.3. The van der Waals surface area contributed by atoms with Gasteiger partial charge < -0.3 is 0 Å². The molecular formula is C14H20N2. The van der Waals surface area contributed by atoms with Crippen LogP contribution in [0.25, 0.3) is 0 Å². The predicted octanol–water partition coefficient (Wildman–Crippen LogP) is 4.12. The third-order valence-corrected chi connectivity index (χ3v) is 2.53. The van der Waals surface area contributed by atoms with Gasteiger partial charge in [-0.05, 0) is 39.5 Å². The predicted molar refractivity (Wildman–Crippen MR) is 66.4 cm³/mol. The van der Waals surface area contributed by atoms with Gasteiger partial charge >= 0.3 is 0 Å². The summed E-state index contributed by atoms with van der Waals surface area (Å²) in [6, 6.07) is 4.48. The maximum atomic E-state index is 9.10. The molecule has 0 aromatic carbocycles. The van der Waals surface area contributed by atoms with Crippen LogP contribution in [0.1, 0.15) is 46.0 Å². The second-order valence-corrected chi connectivity index (χ2v) is 4.15. The first kappa shape index (κ1) is 14.5. The van der Waals surface area contributed by atoms with Crippen LogP contribution in [0.3, 0.4) is 0 Å². The average molecular weight is 216 g/mol. The molecule has 0 aromatic heterocycles. The summed E-state index contributed by atoms with van der Waals surface area (Å²) in [5.41, 5.74) is -0.258. The van der Waals surface area contributed by atoms with Gasteiger partial charge in [0.2, 0.25) is 0 Å². The Hall–Kier alpha value is -1.54. The molecule has 1 unspecified atom stereocenters. The van der Waals surface area contributed by atoms with Gasteiger partial charge in [0.05, 0.1) is 17.6 Å². The lowest BCUT2D eigenvalue weighted by molar-refractivity contribution is 0.414. The molecule has 86 valence electrons. The zero-order valence-electron chi connectivity index (χ0n) is 10.2. The number of nitriles is 2. The van der Waals surface area contributed by atoms with Crippen molar-refractivity contribution < 1.29 is 0 Å². The van der Waals surface area contributed by atoms with Gasteiger partial charge in [-0.15, -0.1) is 0 Å². The number of hydrogen-bond acceptors (Lipinski definition) is 2. The van der Waals surface area contributed by atoms with Crippen molar-refractivity contribution in [3.8, 4) is 12.1 Å². The Balaban J connectivity index is 3.92. The summed E-state index contributed by atoms with van der Waals surface area (Å²) >= 11 is 0. The van der Waals surface area contributed by atoms with E-state index in [4.69, 9.17) is 10.5 Å². The molecule has 0 rings (SSSR count). The summed E-state index contributed by atoms with van der Waals surface area (Å²) in [7, 11) is 0. The number of nitrogens with zero attached hydrogens (tertiary/aromatic N) is 2. The molecule has 16 heavy (non-hydrogen) atoms. The van der Waals surface area contributed by atoms with E-state index < -0.39 is 0 Å². The second kappa shape index (κ2) is 8.74. The highest BCUT2D eigenvalue weighted by Crippen LogP contribution is 2.27. The molecule has 0 saturated heterocycles. The summed E-state index contributed by atoms with van der Waals surface area (Å²) < 4.78 is 0. The van der Waals surface area contributed by atoms with Crippen LogP contribution in [0.4, 0.5) is 0 Å². The highest BCUT2D eigenvalue weighted by Gasteiger charge is 2.20. The molecule has 0 aliphatic rings. The van der Waals surface area contributed by atoms with Crippen LogP contribution in [-0.2, 0) is 0 Å². The van der Waals surface area contributed by atoms with Crippen molar-refractivity contribution in [2.75, 3.05) is 0 Å². The zero-order valence-corrected chi connectivity index (χ0v) is 10.2. The second-order valence-electron chi connectivity index (χ2n) is 4.15. The molecule has 0 saturated carbocycles. The van der Waals surface area contributed by atoms with Crippen LogP contribution < -0.4 is 0 Å². The molecular weight excluding hydrogens is 196 g/mol. The largest absolute Gasteiger partial charge is 0.198 e. The molecule has 0 bridgehead atoms. The first-order chi connectivity index (χ1) is 7.68. The van der Waals surface area contributed by atoms with Crippen LogP contribution in [0.15, 0.2) is 24.3 Å². The lowest BCUT2D eigenvalue weighted by Gasteiger charge is -2.18. The average Bonchev–Trinajstić information content (AvgIpc) is 2.31. The van der Waals surface area contributed by atoms with Crippen molar-refractivity contribution in [3.05, 3.63) is 24.3 Å². The van der Waals surface area contributed by atoms with Crippen molar-refractivity contribution in [2.45, 2.75) is 46.0 Å². The molecule has 0 radical (unpaired) electrons. The fourth-order valence-corrected chi connectivity index (χ4v) is 1.37. The van der Waals surface area contributed by atoms with E-state index in [-0.39, 0.29) is 5.41 Å². The Kier molecular flexibility index (Phi) is 7.90. The van der Waals surface area contributed by atoms with Crippen LogP contribution in [-0.4, -0.2) is 0 Å². The van der Waals surface area contributed by atoms with Gasteiger partial charge in [0.15, 0.2) is 0 Å². The molecule has 0 amide bonds. The monoisotopic (exact) mass is 216 g/mol. The zero-order chi connectivity index (χ0) is 12.3. The smallest absolute Gasteiger partial charge is 0.0690 e. The third kappa shape index (κ3) is 6.85. The summed E-state index contributed by atoms with van der Waals surface area (Å²) in [4.78, 5) is 0. The molecule has 0 aromatic rings. The highest BCUT2D eigenvalue weighted by molar-refractivity contribution is 5.02. The van der Waals surface area contributed by atoms with E-state index in [9.17, 15) is 0 Å². The summed E-state index contributed by atoms with van der Waals surface area (Å²) in [6.45, 7) is 3.97. The molecule has 0 heterocycles. The van der Waals surface area contributed by atoms with Gasteiger partial charge in [0.1, 0.15) is 0 Å². The Morgan fingerprint density at radius 1 is 1.12 bits per heavy atom. The first-order valence-corrected chi connectivity index (χ1v) is 5.73. The Bertz CT molecular complexity index is 315. The number of hydrogen-bond donors (Lipinski definition) is 0. The van der Waals surface area contributed by atoms with Crippen LogP contribution in [0.5, 0.6) is 0 Å². The fourth-order valence-electron chi connectivity index (χ4n) is 1.37. The third-order valence-electron chi connectivity index (χ3n) is 2.53. The quantitative estimate of drug-likeness (QED) is 0.474. The molecule has 0 N–H and O–H groups in total. The normalized spacial score (nSPS) is 14.8. The maximum absolute atomic E-state index is 9.10. The summed E-state index contributed by atoms with van der Waals surface area (Å²) in [5, 5.41) is 17.5.